The summed E-state index contributed by atoms with van der Waals surface area (Å²) in [5, 5.41) is 4.74. The van der Waals surface area contributed by atoms with Crippen molar-refractivity contribution in [3.8, 4) is 11.5 Å². The van der Waals surface area contributed by atoms with E-state index in [0.717, 1.165) is 34.1 Å². The third kappa shape index (κ3) is 6.64. The highest BCUT2D eigenvalue weighted by atomic mass is 35.5. The van der Waals surface area contributed by atoms with Crippen LogP contribution in [0.15, 0.2) is 77.9 Å². The summed E-state index contributed by atoms with van der Waals surface area (Å²) in [4.78, 5) is 12.0. The molecule has 0 fully saturated rings. The predicted molar refractivity (Wildman–Crippen MR) is 120 cm³/mol. The van der Waals surface area contributed by atoms with Crippen molar-refractivity contribution >= 4 is 23.7 Å². The minimum Gasteiger partial charge on any atom is -0.493 e. The number of hydrazone groups is 1. The number of nitrogens with zero attached hydrogens (tertiary/aromatic N) is 1. The van der Waals surface area contributed by atoms with E-state index in [0.29, 0.717) is 18.8 Å². The second-order valence-corrected chi connectivity index (χ2v) is 7.01. The van der Waals surface area contributed by atoms with E-state index in [2.05, 4.69) is 10.5 Å². The fraction of sp³-hybridized carbons (Fsp3) is 0.167. The van der Waals surface area contributed by atoms with Crippen molar-refractivity contribution < 1.29 is 14.3 Å². The van der Waals surface area contributed by atoms with Gasteiger partial charge in [-0.3, -0.25) is 4.79 Å². The second-order valence-electron chi connectivity index (χ2n) is 6.60. The van der Waals surface area contributed by atoms with Gasteiger partial charge < -0.3 is 9.47 Å². The monoisotopic (exact) mass is 422 g/mol. The largest absolute Gasteiger partial charge is 0.493 e. The Balaban J connectivity index is 1.41. The fourth-order valence-corrected chi connectivity index (χ4v) is 2.77. The molecular weight excluding hydrogens is 400 g/mol. The van der Waals surface area contributed by atoms with Crippen molar-refractivity contribution in [2.24, 2.45) is 5.10 Å². The van der Waals surface area contributed by atoms with Gasteiger partial charge in [0, 0.05) is 17.0 Å². The van der Waals surface area contributed by atoms with Gasteiger partial charge in [-0.15, -0.1) is 0 Å². The smallest absolute Gasteiger partial charge is 0.271 e. The van der Waals surface area contributed by atoms with E-state index >= 15 is 0 Å². The molecule has 0 bridgehead atoms. The number of nitrogens with one attached hydrogen (secondary N) is 1. The first-order chi connectivity index (χ1) is 14.6. The Morgan fingerprint density at radius 3 is 2.43 bits per heavy atom. The summed E-state index contributed by atoms with van der Waals surface area (Å²) in [7, 11) is 0. The van der Waals surface area contributed by atoms with Gasteiger partial charge in [0.15, 0.2) is 0 Å². The van der Waals surface area contributed by atoms with E-state index in [-0.39, 0.29) is 5.91 Å². The van der Waals surface area contributed by atoms with E-state index < -0.39 is 0 Å². The first kappa shape index (κ1) is 21.4. The van der Waals surface area contributed by atoms with Crippen LogP contribution in [0.2, 0.25) is 5.02 Å². The fourth-order valence-electron chi connectivity index (χ4n) is 2.65. The van der Waals surface area contributed by atoms with E-state index in [1.165, 1.54) is 0 Å². The Bertz CT molecular complexity index is 1010. The lowest BCUT2D eigenvalue weighted by Gasteiger charge is -2.09. The molecule has 0 aromatic heterocycles. The maximum Gasteiger partial charge on any atom is 0.271 e. The van der Waals surface area contributed by atoms with Crippen LogP contribution in [0.25, 0.3) is 0 Å². The van der Waals surface area contributed by atoms with Gasteiger partial charge in [-0.05, 0) is 60.5 Å². The number of hydrogen-bond donors (Lipinski definition) is 1. The van der Waals surface area contributed by atoms with Gasteiger partial charge in [-0.2, -0.15) is 5.10 Å². The molecule has 30 heavy (non-hydrogen) atoms. The first-order valence-electron chi connectivity index (χ1n) is 9.62. The highest BCUT2D eigenvalue weighted by Crippen LogP contribution is 2.21. The summed E-state index contributed by atoms with van der Waals surface area (Å²) < 4.78 is 11.5. The van der Waals surface area contributed by atoms with Crippen LogP contribution in [0, 0.1) is 6.92 Å². The zero-order valence-electron chi connectivity index (χ0n) is 16.7. The van der Waals surface area contributed by atoms with Gasteiger partial charge in [0.25, 0.3) is 5.91 Å². The van der Waals surface area contributed by atoms with Gasteiger partial charge in [0.2, 0.25) is 0 Å². The van der Waals surface area contributed by atoms with Crippen molar-refractivity contribution in [3.63, 3.8) is 0 Å². The molecule has 1 amide bonds. The normalized spacial score (nSPS) is 10.7. The number of benzene rings is 3. The molecule has 0 unspecified atom stereocenters. The number of ether oxygens (including phenoxy) is 2. The highest BCUT2D eigenvalue weighted by molar-refractivity contribution is 6.31. The third-order valence-electron chi connectivity index (χ3n) is 4.23. The van der Waals surface area contributed by atoms with Gasteiger partial charge in [0.1, 0.15) is 11.5 Å². The lowest BCUT2D eigenvalue weighted by molar-refractivity contribution is 0.0955. The number of rotatable bonds is 9. The highest BCUT2D eigenvalue weighted by Gasteiger charge is 2.02. The number of carbonyl (C=O) groups is 1. The second kappa shape index (κ2) is 11.0. The van der Waals surface area contributed by atoms with Crippen LogP contribution in [0.4, 0.5) is 0 Å². The molecule has 0 saturated heterocycles. The maximum atomic E-state index is 12.0. The Morgan fingerprint density at radius 2 is 1.70 bits per heavy atom. The zero-order chi connectivity index (χ0) is 21.2. The number of carbonyl (C=O) groups excluding carboxylic acids is 1. The van der Waals surface area contributed by atoms with Gasteiger partial charge in [-0.25, -0.2) is 5.43 Å². The van der Waals surface area contributed by atoms with Crippen LogP contribution in [-0.4, -0.2) is 25.3 Å². The average Bonchev–Trinajstić information content (AvgIpc) is 2.77. The van der Waals surface area contributed by atoms with Crippen LogP contribution in [0.5, 0.6) is 11.5 Å². The van der Waals surface area contributed by atoms with Crippen molar-refractivity contribution in [1.29, 1.82) is 0 Å². The molecule has 0 aliphatic carbocycles. The standard InChI is InChI=1S/C24H23ClN2O3/c1-18-15-22(11-12-23(18)25)30-14-6-13-29-21-10-5-7-19(16-21)17-26-27-24(28)20-8-3-2-4-9-20/h2-5,7-12,15-17H,6,13-14H2,1H3,(H,27,28)/b26-17+. The molecule has 3 aromatic rings. The van der Waals surface area contributed by atoms with Crippen molar-refractivity contribution in [3.05, 3.63) is 94.5 Å². The van der Waals surface area contributed by atoms with Crippen molar-refractivity contribution in [2.75, 3.05) is 13.2 Å². The number of hydrogen-bond acceptors (Lipinski definition) is 4. The summed E-state index contributed by atoms with van der Waals surface area (Å²) >= 11 is 6.01. The Morgan fingerprint density at radius 1 is 0.967 bits per heavy atom. The molecule has 1 N–H and O–H groups in total. The summed E-state index contributed by atoms with van der Waals surface area (Å²) in [5.74, 6) is 1.28. The molecule has 0 radical (unpaired) electrons. The minimum absolute atomic E-state index is 0.255. The average molecular weight is 423 g/mol. The van der Waals surface area contributed by atoms with Crippen LogP contribution in [0.3, 0.4) is 0 Å². The lowest BCUT2D eigenvalue weighted by Crippen LogP contribution is -2.17. The van der Waals surface area contributed by atoms with Gasteiger partial charge in [-0.1, -0.05) is 41.9 Å². The third-order valence-corrected chi connectivity index (χ3v) is 4.65. The minimum atomic E-state index is -0.255. The molecular formula is C24H23ClN2O3. The van der Waals surface area contributed by atoms with Crippen LogP contribution >= 0.6 is 11.6 Å². The molecule has 0 aliphatic rings. The maximum absolute atomic E-state index is 12.0. The SMILES string of the molecule is Cc1cc(OCCCOc2cccc(/C=N/NC(=O)c3ccccc3)c2)ccc1Cl. The van der Waals surface area contributed by atoms with Crippen LogP contribution < -0.4 is 14.9 Å². The topological polar surface area (TPSA) is 59.9 Å². The Hall–Kier alpha value is -3.31. The molecule has 0 aliphatic heterocycles. The molecule has 154 valence electrons. The first-order valence-corrected chi connectivity index (χ1v) is 10.00. The van der Waals surface area contributed by atoms with Crippen LogP contribution in [0.1, 0.15) is 27.9 Å². The lowest BCUT2D eigenvalue weighted by atomic mass is 10.2. The van der Waals surface area contributed by atoms with Crippen molar-refractivity contribution in [2.45, 2.75) is 13.3 Å². The molecule has 0 heterocycles. The van der Waals surface area contributed by atoms with E-state index in [1.54, 1.807) is 30.5 Å². The predicted octanol–water partition coefficient (Wildman–Crippen LogP) is 5.26. The number of aryl methyl sites for hydroxylation is 1. The number of amides is 1. The molecule has 3 aromatic carbocycles. The van der Waals surface area contributed by atoms with E-state index in [9.17, 15) is 4.79 Å². The molecule has 0 atom stereocenters. The van der Waals surface area contributed by atoms with Crippen molar-refractivity contribution in [1.82, 2.24) is 5.43 Å². The quantitative estimate of drug-likeness (QED) is 0.290. The number of halogens is 1. The van der Waals surface area contributed by atoms with Crippen LogP contribution in [-0.2, 0) is 0 Å². The molecule has 0 spiro atoms. The Labute approximate surface area is 181 Å². The summed E-state index contributed by atoms with van der Waals surface area (Å²) in [5.41, 5.74) is 4.89. The zero-order valence-corrected chi connectivity index (χ0v) is 17.4. The summed E-state index contributed by atoms with van der Waals surface area (Å²) in [6, 6.07) is 22.0. The summed E-state index contributed by atoms with van der Waals surface area (Å²) in [6.45, 7) is 3.02. The van der Waals surface area contributed by atoms with Gasteiger partial charge in [0.05, 0.1) is 19.4 Å². The van der Waals surface area contributed by atoms with E-state index in [4.69, 9.17) is 21.1 Å². The molecule has 5 nitrogen and oxygen atoms in total. The summed E-state index contributed by atoms with van der Waals surface area (Å²) in [6.07, 6.45) is 2.33. The van der Waals surface area contributed by atoms with E-state index in [1.807, 2.05) is 55.5 Å². The molecule has 6 heteroatoms. The molecule has 0 saturated carbocycles. The molecule has 3 rings (SSSR count). The van der Waals surface area contributed by atoms with Gasteiger partial charge >= 0.3 is 0 Å². The Kier molecular flexibility index (Phi) is 7.86.